The van der Waals surface area contributed by atoms with E-state index in [4.69, 9.17) is 9.47 Å². The first-order valence-electron chi connectivity index (χ1n) is 8.83. The second kappa shape index (κ2) is 7.15. The maximum absolute atomic E-state index is 12.9. The number of nitrogens with zero attached hydrogens (tertiary/aromatic N) is 3. The Kier molecular flexibility index (Phi) is 4.54. The quantitative estimate of drug-likeness (QED) is 0.715. The van der Waals surface area contributed by atoms with Crippen LogP contribution in [0.4, 0.5) is 0 Å². The minimum atomic E-state index is -0.0647. The van der Waals surface area contributed by atoms with Gasteiger partial charge in [-0.25, -0.2) is 4.68 Å². The summed E-state index contributed by atoms with van der Waals surface area (Å²) in [5, 5.41) is 4.45. The van der Waals surface area contributed by atoms with Crippen LogP contribution in [0.2, 0.25) is 0 Å². The highest BCUT2D eigenvalue weighted by atomic mass is 16.5. The molecule has 6 nitrogen and oxygen atoms in total. The summed E-state index contributed by atoms with van der Waals surface area (Å²) in [4.78, 5) is 14.8. The predicted molar refractivity (Wildman–Crippen MR) is 102 cm³/mol. The molecular weight excluding hydrogens is 342 g/mol. The number of fused-ring (bicyclic) bond motifs is 1. The van der Waals surface area contributed by atoms with Gasteiger partial charge in [0.15, 0.2) is 17.2 Å². The van der Waals surface area contributed by atoms with E-state index in [1.807, 2.05) is 53.6 Å². The summed E-state index contributed by atoms with van der Waals surface area (Å²) in [7, 11) is 3.25. The lowest BCUT2D eigenvalue weighted by Crippen LogP contribution is -2.36. The normalized spacial score (nSPS) is 13.2. The van der Waals surface area contributed by atoms with E-state index in [1.165, 1.54) is 5.56 Å². The SMILES string of the molecule is COc1cc2c(cc1OC)CN(C(=O)c1ccn(-c3ccccc3)n1)CC2. The van der Waals surface area contributed by atoms with Crippen molar-refractivity contribution in [2.75, 3.05) is 20.8 Å². The molecule has 1 aliphatic rings. The number of aromatic nitrogens is 2. The molecule has 3 aromatic rings. The fourth-order valence-electron chi connectivity index (χ4n) is 3.38. The molecule has 138 valence electrons. The van der Waals surface area contributed by atoms with Crippen molar-refractivity contribution in [3.05, 3.63) is 71.5 Å². The molecule has 0 N–H and O–H groups in total. The number of hydrogen-bond acceptors (Lipinski definition) is 4. The van der Waals surface area contributed by atoms with E-state index < -0.39 is 0 Å². The molecule has 0 fully saturated rings. The number of hydrogen-bond donors (Lipinski definition) is 0. The Hall–Kier alpha value is -3.28. The van der Waals surface area contributed by atoms with Gasteiger partial charge in [-0.15, -0.1) is 0 Å². The van der Waals surface area contributed by atoms with E-state index in [0.717, 1.165) is 23.4 Å². The van der Waals surface area contributed by atoms with Crippen molar-refractivity contribution in [1.82, 2.24) is 14.7 Å². The Morgan fingerprint density at radius 3 is 2.41 bits per heavy atom. The van der Waals surface area contributed by atoms with Gasteiger partial charge in [0.25, 0.3) is 5.91 Å². The van der Waals surface area contributed by atoms with Gasteiger partial charge in [0.2, 0.25) is 0 Å². The van der Waals surface area contributed by atoms with Gasteiger partial charge < -0.3 is 14.4 Å². The Labute approximate surface area is 157 Å². The van der Waals surface area contributed by atoms with Crippen molar-refractivity contribution in [2.45, 2.75) is 13.0 Å². The maximum Gasteiger partial charge on any atom is 0.274 e. The zero-order valence-corrected chi connectivity index (χ0v) is 15.4. The standard InChI is InChI=1S/C21H21N3O3/c1-26-19-12-15-8-10-23(14-16(15)13-20(19)27-2)21(25)18-9-11-24(22-18)17-6-4-3-5-7-17/h3-7,9,11-13H,8,10,14H2,1-2H3. The fourth-order valence-corrected chi connectivity index (χ4v) is 3.38. The van der Waals surface area contributed by atoms with Crippen LogP contribution in [-0.4, -0.2) is 41.4 Å². The van der Waals surface area contributed by atoms with Crippen molar-refractivity contribution in [3.63, 3.8) is 0 Å². The fraction of sp³-hybridized carbons (Fsp3) is 0.238. The molecule has 0 bridgehead atoms. The number of methoxy groups -OCH3 is 2. The van der Waals surface area contributed by atoms with Gasteiger partial charge in [-0.2, -0.15) is 5.10 Å². The number of rotatable bonds is 4. The molecule has 1 amide bonds. The second-order valence-electron chi connectivity index (χ2n) is 6.43. The highest BCUT2D eigenvalue weighted by molar-refractivity contribution is 5.92. The summed E-state index contributed by atoms with van der Waals surface area (Å²) in [6.07, 6.45) is 2.59. The molecule has 0 aliphatic carbocycles. The molecule has 1 aromatic heterocycles. The molecule has 2 aromatic carbocycles. The Morgan fingerprint density at radius 1 is 1.00 bits per heavy atom. The number of ether oxygens (including phenoxy) is 2. The largest absolute Gasteiger partial charge is 0.493 e. The van der Waals surface area contributed by atoms with Gasteiger partial charge in [0, 0.05) is 19.3 Å². The third-order valence-electron chi connectivity index (χ3n) is 4.83. The smallest absolute Gasteiger partial charge is 0.274 e. The minimum Gasteiger partial charge on any atom is -0.493 e. The molecule has 0 saturated carbocycles. The van der Waals surface area contributed by atoms with Crippen LogP contribution in [0.25, 0.3) is 5.69 Å². The third-order valence-corrected chi connectivity index (χ3v) is 4.83. The van der Waals surface area contributed by atoms with Crippen LogP contribution < -0.4 is 9.47 Å². The molecule has 6 heteroatoms. The monoisotopic (exact) mass is 363 g/mol. The van der Waals surface area contributed by atoms with Crippen molar-refractivity contribution in [1.29, 1.82) is 0 Å². The zero-order chi connectivity index (χ0) is 18.8. The first-order valence-corrected chi connectivity index (χ1v) is 8.83. The van der Waals surface area contributed by atoms with E-state index in [0.29, 0.717) is 24.5 Å². The van der Waals surface area contributed by atoms with Gasteiger partial charge >= 0.3 is 0 Å². The zero-order valence-electron chi connectivity index (χ0n) is 15.4. The topological polar surface area (TPSA) is 56.6 Å². The van der Waals surface area contributed by atoms with E-state index in [-0.39, 0.29) is 5.91 Å². The number of carbonyl (C=O) groups is 1. The number of carbonyl (C=O) groups excluding carboxylic acids is 1. The van der Waals surface area contributed by atoms with Crippen molar-refractivity contribution < 1.29 is 14.3 Å². The van der Waals surface area contributed by atoms with Gasteiger partial charge in [0.05, 0.1) is 19.9 Å². The lowest BCUT2D eigenvalue weighted by atomic mass is 9.98. The van der Waals surface area contributed by atoms with Crippen LogP contribution in [0.15, 0.2) is 54.7 Å². The summed E-state index contributed by atoms with van der Waals surface area (Å²) >= 11 is 0. The van der Waals surface area contributed by atoms with Gasteiger partial charge in [-0.1, -0.05) is 18.2 Å². The molecule has 2 heterocycles. The molecular formula is C21H21N3O3. The van der Waals surface area contributed by atoms with E-state index in [1.54, 1.807) is 25.0 Å². The van der Waals surface area contributed by atoms with Crippen LogP contribution in [-0.2, 0) is 13.0 Å². The van der Waals surface area contributed by atoms with Gasteiger partial charge in [-0.05, 0) is 47.9 Å². The van der Waals surface area contributed by atoms with Gasteiger partial charge in [0.1, 0.15) is 0 Å². The van der Waals surface area contributed by atoms with Gasteiger partial charge in [-0.3, -0.25) is 4.79 Å². The Morgan fingerprint density at radius 2 is 1.70 bits per heavy atom. The van der Waals surface area contributed by atoms with E-state index in [2.05, 4.69) is 5.10 Å². The van der Waals surface area contributed by atoms with Crippen LogP contribution in [0.5, 0.6) is 11.5 Å². The molecule has 0 spiro atoms. The molecule has 27 heavy (non-hydrogen) atoms. The Bertz CT molecular complexity index is 966. The summed E-state index contributed by atoms with van der Waals surface area (Å²) < 4.78 is 12.5. The summed E-state index contributed by atoms with van der Waals surface area (Å²) in [6.45, 7) is 1.19. The second-order valence-corrected chi connectivity index (χ2v) is 6.43. The Balaban J connectivity index is 1.55. The average Bonchev–Trinajstić information content (AvgIpc) is 3.22. The third kappa shape index (κ3) is 3.26. The van der Waals surface area contributed by atoms with Crippen molar-refractivity contribution >= 4 is 5.91 Å². The maximum atomic E-state index is 12.9. The minimum absolute atomic E-state index is 0.0647. The van der Waals surface area contributed by atoms with Crippen molar-refractivity contribution in [2.24, 2.45) is 0 Å². The summed E-state index contributed by atoms with van der Waals surface area (Å²) in [5.74, 6) is 1.33. The van der Waals surface area contributed by atoms with Crippen LogP contribution >= 0.6 is 0 Å². The molecule has 0 unspecified atom stereocenters. The molecule has 4 rings (SSSR count). The summed E-state index contributed by atoms with van der Waals surface area (Å²) in [5.41, 5.74) is 3.64. The average molecular weight is 363 g/mol. The first kappa shape index (κ1) is 17.1. The highest BCUT2D eigenvalue weighted by Crippen LogP contribution is 2.33. The van der Waals surface area contributed by atoms with Crippen LogP contribution in [0, 0.1) is 0 Å². The van der Waals surface area contributed by atoms with Crippen LogP contribution in [0.3, 0.4) is 0 Å². The van der Waals surface area contributed by atoms with E-state index >= 15 is 0 Å². The van der Waals surface area contributed by atoms with Crippen LogP contribution in [0.1, 0.15) is 21.6 Å². The number of amides is 1. The lowest BCUT2D eigenvalue weighted by molar-refractivity contribution is 0.0728. The number of benzene rings is 2. The first-order chi connectivity index (χ1) is 13.2. The molecule has 0 radical (unpaired) electrons. The molecule has 0 saturated heterocycles. The molecule has 0 atom stereocenters. The summed E-state index contributed by atoms with van der Waals surface area (Å²) in [6, 6.07) is 15.5. The predicted octanol–water partition coefficient (Wildman–Crippen LogP) is 3.09. The highest BCUT2D eigenvalue weighted by Gasteiger charge is 2.25. The van der Waals surface area contributed by atoms with Crippen molar-refractivity contribution in [3.8, 4) is 17.2 Å². The lowest BCUT2D eigenvalue weighted by Gasteiger charge is -2.29. The van der Waals surface area contributed by atoms with E-state index in [9.17, 15) is 4.79 Å². The molecule has 1 aliphatic heterocycles. The number of para-hydroxylation sites is 1.